The smallest absolute Gasteiger partial charge is 0.344 e. The third kappa shape index (κ3) is 4.91. The number of benzene rings is 4. The molecule has 8 nitrogen and oxygen atoms in total. The summed E-state index contributed by atoms with van der Waals surface area (Å²) in [4.78, 5) is 35.2. The summed E-state index contributed by atoms with van der Waals surface area (Å²) >= 11 is 0. The third-order valence-corrected chi connectivity index (χ3v) is 4.83. The number of nitrogens with zero attached hydrogens (tertiary/aromatic N) is 2. The van der Waals surface area contributed by atoms with Crippen LogP contribution in [0.2, 0.25) is 0 Å². The van der Waals surface area contributed by atoms with Crippen LogP contribution in [0.4, 0.5) is 5.69 Å². The Labute approximate surface area is 188 Å². The Kier molecular flexibility index (Phi) is 6.17. The molecule has 0 aliphatic heterocycles. The first-order chi connectivity index (χ1) is 16.0. The number of carbonyl (C=O) groups is 2. The molecule has 0 saturated heterocycles. The van der Waals surface area contributed by atoms with E-state index in [-0.39, 0.29) is 11.3 Å². The lowest BCUT2D eigenvalue weighted by molar-refractivity contribution is -0.385. The van der Waals surface area contributed by atoms with Crippen LogP contribution in [0.25, 0.3) is 10.8 Å². The largest absolute Gasteiger partial charge is 0.423 e. The summed E-state index contributed by atoms with van der Waals surface area (Å²) in [7, 11) is 0. The highest BCUT2D eigenvalue weighted by Gasteiger charge is 2.18. The van der Waals surface area contributed by atoms with Crippen molar-refractivity contribution in [2.75, 3.05) is 0 Å². The van der Waals surface area contributed by atoms with Gasteiger partial charge in [0.25, 0.3) is 11.6 Å². The van der Waals surface area contributed by atoms with E-state index in [1.807, 2.05) is 30.3 Å². The molecule has 0 unspecified atom stereocenters. The molecular formula is C25H17N3O5. The lowest BCUT2D eigenvalue weighted by Crippen LogP contribution is -2.18. The van der Waals surface area contributed by atoms with Crippen LogP contribution in [-0.2, 0) is 0 Å². The van der Waals surface area contributed by atoms with Gasteiger partial charge in [-0.25, -0.2) is 10.2 Å². The van der Waals surface area contributed by atoms with Crippen LogP contribution < -0.4 is 10.2 Å². The molecule has 0 saturated carbocycles. The van der Waals surface area contributed by atoms with Crippen molar-refractivity contribution < 1.29 is 19.2 Å². The van der Waals surface area contributed by atoms with Crippen LogP contribution in [0, 0.1) is 10.1 Å². The average Bonchev–Trinajstić information content (AvgIpc) is 2.84. The van der Waals surface area contributed by atoms with Crippen LogP contribution in [0.3, 0.4) is 0 Å². The maximum Gasteiger partial charge on any atom is 0.344 e. The summed E-state index contributed by atoms with van der Waals surface area (Å²) < 4.78 is 5.48. The van der Waals surface area contributed by atoms with Crippen molar-refractivity contribution >= 4 is 34.6 Å². The van der Waals surface area contributed by atoms with E-state index in [0.29, 0.717) is 16.9 Å². The minimum atomic E-state index is -0.695. The van der Waals surface area contributed by atoms with Gasteiger partial charge in [0, 0.05) is 6.07 Å². The number of nitrogens with one attached hydrogen (secondary N) is 1. The van der Waals surface area contributed by atoms with Crippen LogP contribution >= 0.6 is 0 Å². The molecule has 4 aromatic carbocycles. The number of para-hydroxylation sites is 1. The third-order valence-electron chi connectivity index (χ3n) is 4.83. The summed E-state index contributed by atoms with van der Waals surface area (Å²) in [6.45, 7) is 0. The number of nitro benzene ring substituents is 1. The zero-order valence-electron chi connectivity index (χ0n) is 17.2. The number of ether oxygens (including phenoxy) is 1. The van der Waals surface area contributed by atoms with Crippen LogP contribution in [0.15, 0.2) is 96.1 Å². The number of carbonyl (C=O) groups excluding carboxylic acids is 2. The molecule has 1 amide bonds. The fourth-order valence-electron chi connectivity index (χ4n) is 3.24. The van der Waals surface area contributed by atoms with Gasteiger partial charge in [-0.2, -0.15) is 5.10 Å². The number of esters is 1. The zero-order chi connectivity index (χ0) is 23.2. The predicted molar refractivity (Wildman–Crippen MR) is 124 cm³/mol. The van der Waals surface area contributed by atoms with Crippen molar-refractivity contribution in [2.24, 2.45) is 5.10 Å². The van der Waals surface area contributed by atoms with Crippen molar-refractivity contribution in [3.8, 4) is 5.75 Å². The van der Waals surface area contributed by atoms with Gasteiger partial charge < -0.3 is 4.74 Å². The molecule has 0 atom stereocenters. The summed E-state index contributed by atoms with van der Waals surface area (Å²) in [6.07, 6.45) is 1.38. The van der Waals surface area contributed by atoms with E-state index in [0.717, 1.165) is 10.8 Å². The van der Waals surface area contributed by atoms with Gasteiger partial charge >= 0.3 is 5.97 Å². The van der Waals surface area contributed by atoms with Gasteiger partial charge in [0.15, 0.2) is 0 Å². The molecule has 0 bridgehead atoms. The van der Waals surface area contributed by atoms with Gasteiger partial charge in [0.2, 0.25) is 0 Å². The van der Waals surface area contributed by atoms with Crippen molar-refractivity contribution in [1.82, 2.24) is 5.43 Å². The Morgan fingerprint density at radius 2 is 1.52 bits per heavy atom. The van der Waals surface area contributed by atoms with Gasteiger partial charge in [-0.05, 0) is 52.7 Å². The van der Waals surface area contributed by atoms with Crippen molar-refractivity contribution in [2.45, 2.75) is 0 Å². The second kappa shape index (κ2) is 9.52. The highest BCUT2D eigenvalue weighted by Crippen LogP contribution is 2.21. The second-order valence-corrected chi connectivity index (χ2v) is 6.96. The number of amides is 1. The summed E-state index contributed by atoms with van der Waals surface area (Å²) in [6, 6.07) is 25.1. The Bertz CT molecular complexity index is 1380. The van der Waals surface area contributed by atoms with Gasteiger partial charge in [0.05, 0.1) is 16.7 Å². The van der Waals surface area contributed by atoms with E-state index in [1.165, 1.54) is 30.5 Å². The number of rotatable bonds is 6. The topological polar surface area (TPSA) is 111 Å². The van der Waals surface area contributed by atoms with Gasteiger partial charge in [0.1, 0.15) is 11.3 Å². The Morgan fingerprint density at radius 3 is 2.30 bits per heavy atom. The number of nitro groups is 1. The van der Waals surface area contributed by atoms with E-state index in [4.69, 9.17) is 4.74 Å². The molecular weight excluding hydrogens is 422 g/mol. The molecule has 4 aromatic rings. The molecule has 33 heavy (non-hydrogen) atoms. The molecule has 162 valence electrons. The molecule has 1 N–H and O–H groups in total. The highest BCUT2D eigenvalue weighted by atomic mass is 16.6. The normalized spacial score (nSPS) is 10.8. The van der Waals surface area contributed by atoms with E-state index in [1.54, 1.807) is 36.4 Å². The summed E-state index contributed by atoms with van der Waals surface area (Å²) in [5.74, 6) is -0.807. The fourth-order valence-corrected chi connectivity index (χ4v) is 3.24. The lowest BCUT2D eigenvalue weighted by Gasteiger charge is -2.07. The SMILES string of the molecule is O=C(NN=Cc1ccc(OC(=O)c2cccc3ccccc23)cc1)c1ccccc1[N+](=O)[O-]. The van der Waals surface area contributed by atoms with Gasteiger partial charge in [-0.15, -0.1) is 0 Å². The van der Waals surface area contributed by atoms with Gasteiger partial charge in [-0.3, -0.25) is 14.9 Å². The quantitative estimate of drug-likeness (QED) is 0.153. The average molecular weight is 439 g/mol. The molecule has 4 rings (SSSR count). The highest BCUT2D eigenvalue weighted by molar-refractivity contribution is 6.05. The maximum atomic E-state index is 12.6. The minimum Gasteiger partial charge on any atom is -0.423 e. The number of fused-ring (bicyclic) bond motifs is 1. The first-order valence-electron chi connectivity index (χ1n) is 9.90. The van der Waals surface area contributed by atoms with E-state index in [9.17, 15) is 19.7 Å². The predicted octanol–water partition coefficient (Wildman–Crippen LogP) is 4.73. The van der Waals surface area contributed by atoms with Crippen molar-refractivity contribution in [3.63, 3.8) is 0 Å². The summed E-state index contributed by atoms with van der Waals surface area (Å²) in [5, 5.41) is 16.6. The van der Waals surface area contributed by atoms with Crippen molar-refractivity contribution in [3.05, 3.63) is 118 Å². The Balaban J connectivity index is 1.40. The number of hydrazone groups is 1. The first kappa shape index (κ1) is 21.4. The molecule has 0 aromatic heterocycles. The van der Waals surface area contributed by atoms with E-state index >= 15 is 0 Å². The summed E-state index contributed by atoms with van der Waals surface area (Å²) in [5.41, 5.74) is 2.97. The lowest BCUT2D eigenvalue weighted by atomic mass is 10.0. The van der Waals surface area contributed by atoms with E-state index in [2.05, 4.69) is 10.5 Å². The van der Waals surface area contributed by atoms with Crippen LogP contribution in [0.5, 0.6) is 5.75 Å². The number of hydrogen-bond donors (Lipinski definition) is 1. The molecule has 0 aliphatic rings. The van der Waals surface area contributed by atoms with Gasteiger partial charge in [-0.1, -0.05) is 48.5 Å². The Hall–Kier alpha value is -4.85. The zero-order valence-corrected chi connectivity index (χ0v) is 17.2. The molecule has 0 spiro atoms. The molecule has 0 radical (unpaired) electrons. The monoisotopic (exact) mass is 439 g/mol. The standard InChI is InChI=1S/C25H17N3O5/c29-24(22-9-3-4-11-23(22)28(31)32)27-26-16-17-12-14-19(15-13-17)33-25(30)21-10-5-7-18-6-1-2-8-20(18)21/h1-16H,(H,27,29). The molecule has 0 heterocycles. The maximum absolute atomic E-state index is 12.6. The molecule has 8 heteroatoms. The van der Waals surface area contributed by atoms with Crippen LogP contribution in [-0.4, -0.2) is 23.0 Å². The minimum absolute atomic E-state index is 0.0876. The number of hydrogen-bond acceptors (Lipinski definition) is 6. The fraction of sp³-hybridized carbons (Fsp3) is 0. The second-order valence-electron chi connectivity index (χ2n) is 6.96. The Morgan fingerprint density at radius 1 is 0.848 bits per heavy atom. The molecule has 0 aliphatic carbocycles. The first-order valence-corrected chi connectivity index (χ1v) is 9.90. The van der Waals surface area contributed by atoms with Crippen molar-refractivity contribution in [1.29, 1.82) is 0 Å². The van der Waals surface area contributed by atoms with Crippen LogP contribution in [0.1, 0.15) is 26.3 Å². The molecule has 0 fully saturated rings. The van der Waals surface area contributed by atoms with E-state index < -0.39 is 16.8 Å².